The molecule has 0 spiro atoms. The second-order valence-electron chi connectivity index (χ2n) is 4.49. The summed E-state index contributed by atoms with van der Waals surface area (Å²) in [6.45, 7) is 1.02. The van der Waals surface area contributed by atoms with Gasteiger partial charge in [-0.2, -0.15) is 5.10 Å². The summed E-state index contributed by atoms with van der Waals surface area (Å²) in [6, 6.07) is 0. The summed E-state index contributed by atoms with van der Waals surface area (Å²) < 4.78 is 1.75. The number of nitrogens with two attached hydrogens (primary N) is 1. The zero-order chi connectivity index (χ0) is 10.7. The molecule has 0 bridgehead atoms. The maximum absolute atomic E-state index is 5.81. The van der Waals surface area contributed by atoms with Crippen molar-refractivity contribution in [2.24, 2.45) is 13.0 Å². The fourth-order valence-electron chi connectivity index (χ4n) is 2.28. The van der Waals surface area contributed by atoms with Crippen molar-refractivity contribution < 1.29 is 0 Å². The van der Waals surface area contributed by atoms with E-state index in [9.17, 15) is 0 Å². The van der Waals surface area contributed by atoms with E-state index in [2.05, 4.69) is 10.4 Å². The summed E-state index contributed by atoms with van der Waals surface area (Å²) in [5.74, 6) is 1.64. The van der Waals surface area contributed by atoms with Crippen LogP contribution in [-0.2, 0) is 7.05 Å². The van der Waals surface area contributed by atoms with Crippen LogP contribution in [0, 0.1) is 5.92 Å². The number of hydrogen-bond acceptors (Lipinski definition) is 3. The summed E-state index contributed by atoms with van der Waals surface area (Å²) in [5.41, 5.74) is 6.55. The predicted octanol–water partition coefficient (Wildman–Crippen LogP) is 1.99. The van der Waals surface area contributed by atoms with Crippen LogP contribution < -0.4 is 11.1 Å². The van der Waals surface area contributed by atoms with Gasteiger partial charge < -0.3 is 11.1 Å². The first-order valence-corrected chi connectivity index (χ1v) is 5.78. The highest BCUT2D eigenvalue weighted by molar-refractivity contribution is 5.59. The number of aromatic nitrogens is 2. The molecule has 0 saturated heterocycles. The van der Waals surface area contributed by atoms with Gasteiger partial charge in [-0.25, -0.2) is 0 Å². The Kier molecular flexibility index (Phi) is 3.14. The topological polar surface area (TPSA) is 55.9 Å². The van der Waals surface area contributed by atoms with Crippen LogP contribution in [0.3, 0.4) is 0 Å². The minimum Gasteiger partial charge on any atom is -0.394 e. The van der Waals surface area contributed by atoms with E-state index in [1.807, 2.05) is 13.2 Å². The van der Waals surface area contributed by atoms with Crippen molar-refractivity contribution in [3.8, 4) is 0 Å². The van der Waals surface area contributed by atoms with E-state index < -0.39 is 0 Å². The maximum atomic E-state index is 5.81. The Morgan fingerprint density at radius 1 is 1.47 bits per heavy atom. The number of rotatable bonds is 3. The van der Waals surface area contributed by atoms with Crippen LogP contribution in [0.2, 0.25) is 0 Å². The van der Waals surface area contributed by atoms with Crippen molar-refractivity contribution in [3.05, 3.63) is 6.20 Å². The summed E-state index contributed by atoms with van der Waals surface area (Å²) in [6.07, 6.45) is 8.69. The lowest BCUT2D eigenvalue weighted by atomic mass is 9.89. The minimum absolute atomic E-state index is 0.744. The second kappa shape index (κ2) is 4.55. The molecule has 1 aliphatic rings. The molecule has 4 nitrogen and oxygen atoms in total. The van der Waals surface area contributed by atoms with Crippen LogP contribution in [0.25, 0.3) is 0 Å². The van der Waals surface area contributed by atoms with Crippen LogP contribution >= 0.6 is 0 Å². The molecule has 1 aromatic rings. The molecule has 0 aromatic carbocycles. The molecular weight excluding hydrogens is 188 g/mol. The van der Waals surface area contributed by atoms with E-state index in [0.717, 1.165) is 24.0 Å². The number of nitrogens with one attached hydrogen (secondary N) is 1. The Morgan fingerprint density at radius 2 is 2.20 bits per heavy atom. The molecule has 1 aromatic heterocycles. The van der Waals surface area contributed by atoms with E-state index in [1.165, 1.54) is 32.1 Å². The van der Waals surface area contributed by atoms with Crippen molar-refractivity contribution >= 4 is 11.5 Å². The molecule has 1 aliphatic carbocycles. The van der Waals surface area contributed by atoms with Gasteiger partial charge in [-0.15, -0.1) is 0 Å². The molecule has 1 heterocycles. The molecule has 2 rings (SSSR count). The lowest BCUT2D eigenvalue weighted by molar-refractivity contribution is 0.373. The zero-order valence-electron chi connectivity index (χ0n) is 9.37. The lowest BCUT2D eigenvalue weighted by Crippen LogP contribution is -2.17. The van der Waals surface area contributed by atoms with Gasteiger partial charge in [-0.05, 0) is 18.8 Å². The second-order valence-corrected chi connectivity index (χ2v) is 4.49. The standard InChI is InChI=1S/C11H20N4/c1-15-8-10(12)11(14-15)13-7-9-5-3-2-4-6-9/h8-9H,2-7,12H2,1H3,(H,13,14). The first kappa shape index (κ1) is 10.3. The van der Waals surface area contributed by atoms with E-state index in [0.29, 0.717) is 0 Å². The molecule has 0 atom stereocenters. The Bertz CT molecular complexity index is 312. The summed E-state index contributed by atoms with van der Waals surface area (Å²) in [7, 11) is 1.89. The van der Waals surface area contributed by atoms with Gasteiger partial charge in [-0.3, -0.25) is 4.68 Å². The molecule has 1 saturated carbocycles. The fraction of sp³-hybridized carbons (Fsp3) is 0.727. The normalized spacial score (nSPS) is 17.9. The van der Waals surface area contributed by atoms with E-state index in [1.54, 1.807) is 4.68 Å². The number of anilines is 2. The highest BCUT2D eigenvalue weighted by Gasteiger charge is 2.14. The predicted molar refractivity (Wildman–Crippen MR) is 62.7 cm³/mol. The first-order chi connectivity index (χ1) is 7.25. The molecule has 0 radical (unpaired) electrons. The third-order valence-corrected chi connectivity index (χ3v) is 3.14. The average molecular weight is 208 g/mol. The van der Waals surface area contributed by atoms with Gasteiger partial charge in [0.15, 0.2) is 5.82 Å². The monoisotopic (exact) mass is 208 g/mol. The smallest absolute Gasteiger partial charge is 0.171 e. The number of hydrogen-bond donors (Lipinski definition) is 2. The third kappa shape index (κ3) is 2.64. The number of aryl methyl sites for hydroxylation is 1. The molecule has 0 amide bonds. The number of nitrogens with zero attached hydrogens (tertiary/aromatic N) is 2. The van der Waals surface area contributed by atoms with Crippen LogP contribution in [0.15, 0.2) is 6.20 Å². The first-order valence-electron chi connectivity index (χ1n) is 5.78. The number of nitrogen functional groups attached to an aromatic ring is 1. The van der Waals surface area contributed by atoms with Crippen molar-refractivity contribution in [1.29, 1.82) is 0 Å². The average Bonchev–Trinajstić information content (AvgIpc) is 2.56. The highest BCUT2D eigenvalue weighted by atomic mass is 15.3. The van der Waals surface area contributed by atoms with Gasteiger partial charge in [0.1, 0.15) is 0 Å². The molecule has 1 fully saturated rings. The largest absolute Gasteiger partial charge is 0.394 e. The van der Waals surface area contributed by atoms with Crippen LogP contribution in [-0.4, -0.2) is 16.3 Å². The SMILES string of the molecule is Cn1cc(N)c(NCC2CCCCC2)n1. The van der Waals surface area contributed by atoms with Gasteiger partial charge in [0.05, 0.1) is 5.69 Å². The zero-order valence-corrected chi connectivity index (χ0v) is 9.37. The van der Waals surface area contributed by atoms with Gasteiger partial charge >= 0.3 is 0 Å². The summed E-state index contributed by atoms with van der Waals surface area (Å²) in [5, 5.41) is 7.62. The van der Waals surface area contributed by atoms with Crippen molar-refractivity contribution in [2.45, 2.75) is 32.1 Å². The van der Waals surface area contributed by atoms with E-state index >= 15 is 0 Å². The lowest BCUT2D eigenvalue weighted by Gasteiger charge is -2.21. The van der Waals surface area contributed by atoms with Crippen molar-refractivity contribution in [1.82, 2.24) is 9.78 Å². The molecule has 3 N–H and O–H groups in total. The van der Waals surface area contributed by atoms with Gasteiger partial charge in [0.25, 0.3) is 0 Å². The Labute approximate surface area is 90.8 Å². The fourth-order valence-corrected chi connectivity index (χ4v) is 2.28. The Morgan fingerprint density at radius 3 is 2.80 bits per heavy atom. The van der Waals surface area contributed by atoms with Gasteiger partial charge in [-0.1, -0.05) is 19.3 Å². The third-order valence-electron chi connectivity index (χ3n) is 3.14. The van der Waals surface area contributed by atoms with Crippen LogP contribution in [0.1, 0.15) is 32.1 Å². The molecular formula is C11H20N4. The minimum atomic E-state index is 0.744. The summed E-state index contributed by atoms with van der Waals surface area (Å²) in [4.78, 5) is 0. The molecule has 0 unspecified atom stereocenters. The van der Waals surface area contributed by atoms with E-state index in [4.69, 9.17) is 5.73 Å². The molecule has 4 heteroatoms. The van der Waals surface area contributed by atoms with Crippen molar-refractivity contribution in [2.75, 3.05) is 17.6 Å². The Balaban J connectivity index is 1.84. The molecule has 84 valence electrons. The maximum Gasteiger partial charge on any atom is 0.171 e. The molecule has 0 aliphatic heterocycles. The Hall–Kier alpha value is -1.19. The van der Waals surface area contributed by atoms with E-state index in [-0.39, 0.29) is 0 Å². The quantitative estimate of drug-likeness (QED) is 0.798. The van der Waals surface area contributed by atoms with Crippen LogP contribution in [0.5, 0.6) is 0 Å². The summed E-state index contributed by atoms with van der Waals surface area (Å²) >= 11 is 0. The molecule has 15 heavy (non-hydrogen) atoms. The van der Waals surface area contributed by atoms with Gasteiger partial charge in [0.2, 0.25) is 0 Å². The highest BCUT2D eigenvalue weighted by Crippen LogP contribution is 2.24. The van der Waals surface area contributed by atoms with Crippen molar-refractivity contribution in [3.63, 3.8) is 0 Å². The van der Waals surface area contributed by atoms with Crippen LogP contribution in [0.4, 0.5) is 11.5 Å². The van der Waals surface area contributed by atoms with Gasteiger partial charge in [0, 0.05) is 19.8 Å².